The van der Waals surface area contributed by atoms with Gasteiger partial charge in [-0.25, -0.2) is 0 Å². The summed E-state index contributed by atoms with van der Waals surface area (Å²) in [4.78, 5) is 12.1. The molecule has 0 saturated carbocycles. The number of aryl methyl sites for hydroxylation is 1. The first-order valence-corrected chi connectivity index (χ1v) is 7.18. The van der Waals surface area contributed by atoms with Crippen molar-refractivity contribution in [1.82, 2.24) is 18.6 Å². The van der Waals surface area contributed by atoms with E-state index in [2.05, 4.69) is 14.1 Å². The second-order valence-corrected chi connectivity index (χ2v) is 5.27. The molecule has 0 aliphatic carbocycles. The molecule has 0 spiro atoms. The van der Waals surface area contributed by atoms with Crippen LogP contribution in [0.5, 0.6) is 0 Å². The Morgan fingerprint density at radius 1 is 1.38 bits per heavy atom. The van der Waals surface area contributed by atoms with Crippen LogP contribution in [0.4, 0.5) is 0 Å². The minimum atomic E-state index is -0.737. The predicted octanol–water partition coefficient (Wildman–Crippen LogP) is 1.49. The number of hydrogen-bond acceptors (Lipinski definition) is 5. The zero-order valence-electron chi connectivity index (χ0n) is 11.4. The molecule has 3 rings (SSSR count). The summed E-state index contributed by atoms with van der Waals surface area (Å²) in [5, 5.41) is 12.8. The Labute approximate surface area is 125 Å². The Morgan fingerprint density at radius 3 is 2.95 bits per heavy atom. The molecule has 1 amide bonds. The minimum absolute atomic E-state index is 0.157. The maximum atomic E-state index is 12.1. The summed E-state index contributed by atoms with van der Waals surface area (Å²) in [7, 11) is 1.85. The number of aliphatic hydroxyl groups is 1. The van der Waals surface area contributed by atoms with Gasteiger partial charge >= 0.3 is 0 Å². The lowest BCUT2D eigenvalue weighted by Crippen LogP contribution is -2.29. The molecule has 0 radical (unpaired) electrons. The average Bonchev–Trinajstić information content (AvgIpc) is 3.11. The molecule has 0 aliphatic heterocycles. The summed E-state index contributed by atoms with van der Waals surface area (Å²) in [6.07, 6.45) is 1.11. The van der Waals surface area contributed by atoms with Gasteiger partial charge in [0.25, 0.3) is 5.91 Å². The predicted molar refractivity (Wildman–Crippen MR) is 80.1 cm³/mol. The summed E-state index contributed by atoms with van der Waals surface area (Å²) in [6.45, 7) is 0.157. The third kappa shape index (κ3) is 2.79. The van der Waals surface area contributed by atoms with E-state index in [9.17, 15) is 9.90 Å². The van der Waals surface area contributed by atoms with E-state index in [1.807, 2.05) is 29.9 Å². The van der Waals surface area contributed by atoms with Gasteiger partial charge in [0.1, 0.15) is 17.1 Å². The summed E-state index contributed by atoms with van der Waals surface area (Å²) in [5.74, 6) is -0.238. The number of carbonyl (C=O) groups is 1. The largest absolute Gasteiger partial charge is 0.385 e. The van der Waals surface area contributed by atoms with E-state index < -0.39 is 6.10 Å². The van der Waals surface area contributed by atoms with Gasteiger partial charge in [0, 0.05) is 31.0 Å². The number of carbonyl (C=O) groups excluding carboxylic acids is 1. The number of hydrogen-bond donors (Lipinski definition) is 2. The molecule has 1 aromatic carbocycles. The maximum Gasteiger partial charge on any atom is 0.251 e. The highest BCUT2D eigenvalue weighted by Gasteiger charge is 2.13. The normalized spacial score (nSPS) is 12.5. The molecule has 3 aromatic rings. The van der Waals surface area contributed by atoms with E-state index >= 15 is 0 Å². The van der Waals surface area contributed by atoms with E-state index in [4.69, 9.17) is 0 Å². The number of rotatable bonds is 4. The van der Waals surface area contributed by atoms with Crippen LogP contribution in [-0.2, 0) is 7.05 Å². The Kier molecular flexibility index (Phi) is 3.68. The molecule has 0 saturated heterocycles. The summed E-state index contributed by atoms with van der Waals surface area (Å²) >= 11 is 1.12. The molecule has 21 heavy (non-hydrogen) atoms. The van der Waals surface area contributed by atoms with Crippen molar-refractivity contribution in [2.75, 3.05) is 6.54 Å². The maximum absolute atomic E-state index is 12.1. The van der Waals surface area contributed by atoms with Crippen LogP contribution in [0.3, 0.4) is 0 Å². The first-order chi connectivity index (χ1) is 10.1. The number of nitrogens with zero attached hydrogens (tertiary/aromatic N) is 3. The highest BCUT2D eigenvalue weighted by Crippen LogP contribution is 2.14. The number of aliphatic hydroxyl groups excluding tert-OH is 1. The van der Waals surface area contributed by atoms with Gasteiger partial charge in [-0.3, -0.25) is 4.79 Å². The van der Waals surface area contributed by atoms with E-state index in [-0.39, 0.29) is 12.5 Å². The lowest BCUT2D eigenvalue weighted by Gasteiger charge is -2.13. The highest BCUT2D eigenvalue weighted by atomic mass is 32.1. The van der Waals surface area contributed by atoms with E-state index in [0.29, 0.717) is 11.1 Å². The number of aromatic nitrogens is 3. The molecule has 0 bridgehead atoms. The first-order valence-electron chi connectivity index (χ1n) is 6.45. The second kappa shape index (κ2) is 5.63. The van der Waals surface area contributed by atoms with Crippen molar-refractivity contribution in [3.63, 3.8) is 0 Å². The zero-order chi connectivity index (χ0) is 14.8. The summed E-state index contributed by atoms with van der Waals surface area (Å²) in [5.41, 5.74) is 2.75. The molecule has 2 N–H and O–H groups in total. The van der Waals surface area contributed by atoms with Crippen LogP contribution in [0.15, 0.2) is 36.5 Å². The highest BCUT2D eigenvalue weighted by molar-refractivity contribution is 7.00. The van der Waals surface area contributed by atoms with Gasteiger partial charge < -0.3 is 15.0 Å². The summed E-state index contributed by atoms with van der Waals surface area (Å²) in [6, 6.07) is 8.84. The fourth-order valence-electron chi connectivity index (χ4n) is 2.14. The van der Waals surface area contributed by atoms with Crippen molar-refractivity contribution in [2.24, 2.45) is 7.05 Å². The third-order valence-electron chi connectivity index (χ3n) is 3.30. The zero-order valence-corrected chi connectivity index (χ0v) is 12.2. The average molecular weight is 302 g/mol. The monoisotopic (exact) mass is 302 g/mol. The van der Waals surface area contributed by atoms with Crippen molar-refractivity contribution in [2.45, 2.75) is 6.10 Å². The van der Waals surface area contributed by atoms with E-state index in [1.54, 1.807) is 18.2 Å². The van der Waals surface area contributed by atoms with Crippen molar-refractivity contribution in [3.05, 3.63) is 47.8 Å². The lowest BCUT2D eigenvalue weighted by molar-refractivity contribution is 0.0912. The second-order valence-electron chi connectivity index (χ2n) is 4.74. The van der Waals surface area contributed by atoms with Crippen molar-refractivity contribution >= 4 is 28.7 Å². The number of benzene rings is 1. The number of nitrogens with one attached hydrogen (secondary N) is 1. The smallest absolute Gasteiger partial charge is 0.251 e. The molecule has 7 heteroatoms. The molecule has 0 unspecified atom stereocenters. The SMILES string of the molecule is Cn1cccc1[C@@H](O)CNC(=O)c1ccc2nsnc2c1. The van der Waals surface area contributed by atoms with Gasteiger partial charge in [0.2, 0.25) is 0 Å². The van der Waals surface area contributed by atoms with E-state index in [0.717, 1.165) is 22.9 Å². The lowest BCUT2D eigenvalue weighted by atomic mass is 10.2. The van der Waals surface area contributed by atoms with Crippen molar-refractivity contribution < 1.29 is 9.90 Å². The van der Waals surface area contributed by atoms with Gasteiger partial charge in [0.05, 0.1) is 11.7 Å². The molecule has 2 heterocycles. The Bertz CT molecular complexity index is 780. The Morgan fingerprint density at radius 2 is 2.19 bits per heavy atom. The van der Waals surface area contributed by atoms with Crippen LogP contribution >= 0.6 is 11.7 Å². The molecule has 0 fully saturated rings. The van der Waals surface area contributed by atoms with Crippen LogP contribution < -0.4 is 5.32 Å². The van der Waals surface area contributed by atoms with Crippen LogP contribution in [0.2, 0.25) is 0 Å². The van der Waals surface area contributed by atoms with Gasteiger partial charge in [-0.1, -0.05) is 0 Å². The first kappa shape index (κ1) is 13.7. The van der Waals surface area contributed by atoms with Crippen LogP contribution in [0, 0.1) is 0 Å². The van der Waals surface area contributed by atoms with Crippen molar-refractivity contribution in [3.8, 4) is 0 Å². The fraction of sp³-hybridized carbons (Fsp3) is 0.214. The van der Waals surface area contributed by atoms with Gasteiger partial charge in [0.15, 0.2) is 0 Å². The molecular weight excluding hydrogens is 288 g/mol. The Hall–Kier alpha value is -2.25. The minimum Gasteiger partial charge on any atom is -0.385 e. The van der Waals surface area contributed by atoms with E-state index in [1.165, 1.54) is 0 Å². The Balaban J connectivity index is 1.67. The van der Waals surface area contributed by atoms with Gasteiger partial charge in [-0.15, -0.1) is 0 Å². The molecule has 2 aromatic heterocycles. The molecule has 1 atom stereocenters. The van der Waals surface area contributed by atoms with Crippen LogP contribution in [0.1, 0.15) is 22.2 Å². The topological polar surface area (TPSA) is 80.0 Å². The van der Waals surface area contributed by atoms with Crippen molar-refractivity contribution in [1.29, 1.82) is 0 Å². The van der Waals surface area contributed by atoms with Gasteiger partial charge in [-0.05, 0) is 30.3 Å². The van der Waals surface area contributed by atoms with Gasteiger partial charge in [-0.2, -0.15) is 8.75 Å². The quantitative estimate of drug-likeness (QED) is 0.765. The standard InChI is InChI=1S/C14H14N4O2S/c1-18-6-2-3-12(18)13(19)8-15-14(20)9-4-5-10-11(7-9)17-21-16-10/h2-7,13,19H,8H2,1H3,(H,15,20)/t13-/m0/s1. The third-order valence-corrected chi connectivity index (χ3v) is 3.85. The summed E-state index contributed by atoms with van der Waals surface area (Å²) < 4.78 is 10.0. The molecule has 0 aliphatic rings. The van der Waals surface area contributed by atoms with Crippen LogP contribution in [-0.4, -0.2) is 30.9 Å². The molecular formula is C14H14N4O2S. The number of amides is 1. The molecule has 108 valence electrons. The number of fused-ring (bicyclic) bond motifs is 1. The molecule has 6 nitrogen and oxygen atoms in total. The van der Waals surface area contributed by atoms with Crippen LogP contribution in [0.25, 0.3) is 11.0 Å². The fourth-order valence-corrected chi connectivity index (χ4v) is 2.66.